The predicted molar refractivity (Wildman–Crippen MR) is 72.9 cm³/mol. The van der Waals surface area contributed by atoms with Crippen LogP contribution in [0.1, 0.15) is 48.5 Å². The highest BCUT2D eigenvalue weighted by Crippen LogP contribution is 2.09. The summed E-state index contributed by atoms with van der Waals surface area (Å²) < 4.78 is 1.04. The molecule has 0 radical (unpaired) electrons. The number of nitrogens with zero attached hydrogens (tertiary/aromatic N) is 1. The maximum absolute atomic E-state index is 9.91. The molecule has 0 aliphatic heterocycles. The lowest BCUT2D eigenvalue weighted by atomic mass is 9.98. The quantitative estimate of drug-likeness (QED) is 0.752. The van der Waals surface area contributed by atoms with E-state index >= 15 is 0 Å². The maximum atomic E-state index is 9.91. The summed E-state index contributed by atoms with van der Waals surface area (Å²) in [5.41, 5.74) is -0.694. The number of aliphatic hydroxyl groups is 1. The van der Waals surface area contributed by atoms with Crippen LogP contribution in [-0.4, -0.2) is 47.8 Å². The van der Waals surface area contributed by atoms with Crippen molar-refractivity contribution < 1.29 is 19.5 Å². The van der Waals surface area contributed by atoms with Crippen LogP contribution in [0.4, 0.5) is 0 Å². The third-order valence-electron chi connectivity index (χ3n) is 3.28. The minimum Gasteiger partial charge on any atom is -0.550 e. The molecule has 0 spiro atoms. The molecule has 0 aromatic carbocycles. The Morgan fingerprint density at radius 1 is 1.17 bits per heavy atom. The van der Waals surface area contributed by atoms with Gasteiger partial charge in [-0.2, -0.15) is 0 Å². The van der Waals surface area contributed by atoms with Crippen molar-refractivity contribution in [2.75, 3.05) is 26.2 Å². The van der Waals surface area contributed by atoms with E-state index in [1.807, 2.05) is 6.92 Å². The molecule has 4 nitrogen and oxygen atoms in total. The van der Waals surface area contributed by atoms with Crippen LogP contribution in [0.15, 0.2) is 0 Å². The molecule has 0 saturated carbocycles. The normalized spacial score (nSPS) is 13.6. The van der Waals surface area contributed by atoms with Crippen molar-refractivity contribution in [2.45, 2.75) is 54.6 Å². The van der Waals surface area contributed by atoms with Crippen LogP contribution in [0.5, 0.6) is 0 Å². The maximum Gasteiger partial charge on any atom is 0.105 e. The van der Waals surface area contributed by atoms with Crippen LogP contribution in [-0.2, 0) is 4.79 Å². The predicted octanol–water partition coefficient (Wildman–Crippen LogP) is 1.03. The van der Waals surface area contributed by atoms with E-state index in [0.29, 0.717) is 0 Å². The van der Waals surface area contributed by atoms with E-state index in [0.717, 1.165) is 30.7 Å². The van der Waals surface area contributed by atoms with Crippen molar-refractivity contribution in [3.05, 3.63) is 0 Å². The van der Waals surface area contributed by atoms with E-state index in [1.165, 1.54) is 0 Å². The number of quaternary nitrogens is 1. The summed E-state index contributed by atoms with van der Waals surface area (Å²) in [5, 5.41) is 19.2. The van der Waals surface area contributed by atoms with E-state index < -0.39 is 11.4 Å². The Balaban J connectivity index is 0. The first kappa shape index (κ1) is 19.7. The molecule has 0 rings (SSSR count). The smallest absolute Gasteiger partial charge is 0.105 e. The Kier molecular flexibility index (Phi) is 9.30. The molecule has 0 aromatic rings. The van der Waals surface area contributed by atoms with Crippen molar-refractivity contribution >= 4 is 5.97 Å². The molecule has 0 aromatic heterocycles. The molecule has 0 heterocycles. The van der Waals surface area contributed by atoms with Gasteiger partial charge in [-0.05, 0) is 27.7 Å². The molecule has 0 fully saturated rings. The van der Waals surface area contributed by atoms with Crippen molar-refractivity contribution in [3.63, 3.8) is 0 Å². The third-order valence-corrected chi connectivity index (χ3v) is 3.28. The Morgan fingerprint density at radius 2 is 1.44 bits per heavy atom. The van der Waals surface area contributed by atoms with Gasteiger partial charge in [-0.1, -0.05) is 20.8 Å². The Morgan fingerprint density at radius 3 is 1.50 bits per heavy atom. The summed E-state index contributed by atoms with van der Waals surface area (Å²) in [5.74, 6) is -1.01. The number of aliphatic hydroxyl groups excluding tert-OH is 1. The van der Waals surface area contributed by atoms with Crippen LogP contribution >= 0.6 is 0 Å². The van der Waals surface area contributed by atoms with E-state index in [4.69, 9.17) is 0 Å². The molecular weight excluding hydrogens is 230 g/mol. The summed E-state index contributed by atoms with van der Waals surface area (Å²) in [7, 11) is 0. The van der Waals surface area contributed by atoms with Gasteiger partial charge in [0.15, 0.2) is 0 Å². The lowest BCUT2D eigenvalue weighted by molar-refractivity contribution is -0.925. The Bertz CT molecular complexity index is 219. The van der Waals surface area contributed by atoms with Gasteiger partial charge in [0.1, 0.15) is 12.6 Å². The number of hydrogen-bond donors (Lipinski definition) is 1. The third kappa shape index (κ3) is 8.48. The largest absolute Gasteiger partial charge is 0.550 e. The van der Waals surface area contributed by atoms with E-state index in [-0.39, 0.29) is 6.10 Å². The van der Waals surface area contributed by atoms with Gasteiger partial charge in [0.25, 0.3) is 0 Å². The molecule has 0 bridgehead atoms. The fourth-order valence-electron chi connectivity index (χ4n) is 1.62. The average molecular weight is 261 g/mol. The van der Waals surface area contributed by atoms with Gasteiger partial charge in [0.2, 0.25) is 0 Å². The highest BCUT2D eigenvalue weighted by molar-refractivity contribution is 5.70. The molecule has 0 aliphatic rings. The fraction of sp³-hybridized carbons (Fsp3) is 0.929. The second-order valence-corrected chi connectivity index (χ2v) is 5.86. The van der Waals surface area contributed by atoms with Gasteiger partial charge >= 0.3 is 0 Å². The van der Waals surface area contributed by atoms with Gasteiger partial charge in [-0.15, -0.1) is 0 Å². The van der Waals surface area contributed by atoms with Crippen molar-refractivity contribution in [2.24, 2.45) is 5.41 Å². The summed E-state index contributed by atoms with van der Waals surface area (Å²) >= 11 is 0. The first-order valence-electron chi connectivity index (χ1n) is 6.79. The topological polar surface area (TPSA) is 60.4 Å². The minimum atomic E-state index is -1.01. The van der Waals surface area contributed by atoms with Crippen LogP contribution in [0.2, 0.25) is 0 Å². The minimum absolute atomic E-state index is 0.171. The van der Waals surface area contributed by atoms with Gasteiger partial charge in [-0.25, -0.2) is 0 Å². The summed E-state index contributed by atoms with van der Waals surface area (Å²) in [6.45, 7) is 17.5. The van der Waals surface area contributed by atoms with Gasteiger partial charge in [0.05, 0.1) is 19.6 Å². The molecule has 1 atom stereocenters. The summed E-state index contributed by atoms with van der Waals surface area (Å²) in [6, 6.07) is 0. The van der Waals surface area contributed by atoms with Crippen LogP contribution in [0.3, 0.4) is 0 Å². The van der Waals surface area contributed by atoms with Crippen molar-refractivity contribution in [1.29, 1.82) is 0 Å². The van der Waals surface area contributed by atoms with Crippen molar-refractivity contribution in [1.82, 2.24) is 0 Å². The zero-order valence-electron chi connectivity index (χ0n) is 13.1. The van der Waals surface area contributed by atoms with E-state index in [2.05, 4.69) is 20.8 Å². The van der Waals surface area contributed by atoms with Crippen LogP contribution < -0.4 is 5.11 Å². The molecule has 0 saturated heterocycles. The zero-order chi connectivity index (χ0) is 15.0. The molecule has 1 N–H and O–H groups in total. The SMILES string of the molecule is CC(C)(C)C(=O)[O-].CC[N+](CC)(CC)CC(C)O. The number of likely N-dealkylation sites (N-methyl/N-ethyl adjacent to an activating group) is 1. The number of carboxylic acids is 1. The molecule has 18 heavy (non-hydrogen) atoms. The summed E-state index contributed by atoms with van der Waals surface area (Å²) in [4.78, 5) is 9.91. The number of carboxylic acid groups (broad SMARTS) is 1. The lowest BCUT2D eigenvalue weighted by Gasteiger charge is -2.36. The van der Waals surface area contributed by atoms with Gasteiger partial charge in [0, 0.05) is 11.4 Å². The number of aliphatic carboxylic acids is 1. The highest BCUT2D eigenvalue weighted by atomic mass is 16.4. The summed E-state index contributed by atoms with van der Waals surface area (Å²) in [6.07, 6.45) is -0.171. The lowest BCUT2D eigenvalue weighted by Crippen LogP contribution is -2.51. The Hall–Kier alpha value is -0.610. The Labute approximate surface area is 112 Å². The molecule has 4 heteroatoms. The molecule has 110 valence electrons. The van der Waals surface area contributed by atoms with Gasteiger partial charge in [-0.3, -0.25) is 0 Å². The van der Waals surface area contributed by atoms with Gasteiger partial charge < -0.3 is 19.5 Å². The molecule has 1 unspecified atom stereocenters. The zero-order valence-corrected chi connectivity index (χ0v) is 13.1. The monoisotopic (exact) mass is 261 g/mol. The second-order valence-electron chi connectivity index (χ2n) is 5.86. The first-order valence-corrected chi connectivity index (χ1v) is 6.79. The number of carbonyl (C=O) groups is 1. The number of rotatable bonds is 5. The molecular formula is C14H31NO3. The standard InChI is InChI=1S/C9H22NO.C5H10O2/c1-5-10(6-2,7-3)8-9(4)11;1-5(2,3)4(6)7/h9,11H,5-8H2,1-4H3;1-3H3,(H,6,7)/q+1;/p-1. The van der Waals surface area contributed by atoms with E-state index in [1.54, 1.807) is 20.8 Å². The fourth-order valence-corrected chi connectivity index (χ4v) is 1.62. The first-order chi connectivity index (χ1) is 8.04. The van der Waals surface area contributed by atoms with Crippen LogP contribution in [0.25, 0.3) is 0 Å². The molecule has 0 aliphatic carbocycles. The number of hydrogen-bond acceptors (Lipinski definition) is 3. The molecule has 0 amide bonds. The van der Waals surface area contributed by atoms with E-state index in [9.17, 15) is 15.0 Å². The highest BCUT2D eigenvalue weighted by Gasteiger charge is 2.22. The number of carbonyl (C=O) groups excluding carboxylic acids is 1. The van der Waals surface area contributed by atoms with Crippen LogP contribution in [0, 0.1) is 5.41 Å². The average Bonchev–Trinajstić information content (AvgIpc) is 2.25. The van der Waals surface area contributed by atoms with Crippen molar-refractivity contribution in [3.8, 4) is 0 Å². The second kappa shape index (κ2) is 8.48.